The van der Waals surface area contributed by atoms with Gasteiger partial charge in [0.05, 0.1) is 6.07 Å². The summed E-state index contributed by atoms with van der Waals surface area (Å²) in [6, 6.07) is 1.86. The predicted molar refractivity (Wildman–Crippen MR) is 40.4 cm³/mol. The standard InChI is InChI=1S/C8H15NO/c1-3-4-5-6-8(2,10)7-9/h10H,3-6H2,1-2H3. The number of hydrogen-bond acceptors (Lipinski definition) is 2. The SMILES string of the molecule is CCCCCC(C)(O)C#N. The Morgan fingerprint density at radius 2 is 2.10 bits per heavy atom. The minimum absolute atomic E-state index is 0.595. The quantitative estimate of drug-likeness (QED) is 0.479. The van der Waals surface area contributed by atoms with Gasteiger partial charge in [-0.15, -0.1) is 0 Å². The maximum absolute atomic E-state index is 9.19. The molecule has 0 heterocycles. The predicted octanol–water partition coefficient (Wildman–Crippen LogP) is 1.84. The van der Waals surface area contributed by atoms with Gasteiger partial charge in [-0.05, 0) is 19.8 Å². The highest BCUT2D eigenvalue weighted by Gasteiger charge is 2.17. The number of nitrogens with zero attached hydrogens (tertiary/aromatic N) is 1. The smallest absolute Gasteiger partial charge is 0.148 e. The first-order valence-electron chi connectivity index (χ1n) is 3.76. The zero-order chi connectivity index (χ0) is 8.04. The molecule has 0 saturated heterocycles. The highest BCUT2D eigenvalue weighted by molar-refractivity contribution is 4.95. The highest BCUT2D eigenvalue weighted by Crippen LogP contribution is 2.12. The van der Waals surface area contributed by atoms with Crippen LogP contribution in [0.1, 0.15) is 39.5 Å². The molecule has 1 N–H and O–H groups in total. The zero-order valence-electron chi connectivity index (χ0n) is 6.72. The third-order valence-electron chi connectivity index (χ3n) is 1.51. The molecule has 0 amide bonds. The van der Waals surface area contributed by atoms with Crippen molar-refractivity contribution in [3.05, 3.63) is 0 Å². The van der Waals surface area contributed by atoms with Crippen molar-refractivity contribution in [2.75, 3.05) is 0 Å². The Hall–Kier alpha value is -0.550. The van der Waals surface area contributed by atoms with E-state index in [1.807, 2.05) is 6.07 Å². The van der Waals surface area contributed by atoms with Crippen molar-refractivity contribution in [2.24, 2.45) is 0 Å². The van der Waals surface area contributed by atoms with E-state index in [0.717, 1.165) is 19.3 Å². The molecule has 0 aliphatic rings. The Morgan fingerprint density at radius 3 is 2.50 bits per heavy atom. The molecule has 0 aromatic heterocycles. The molecule has 0 aliphatic heterocycles. The largest absolute Gasteiger partial charge is 0.376 e. The summed E-state index contributed by atoms with van der Waals surface area (Å²) >= 11 is 0. The zero-order valence-corrected chi connectivity index (χ0v) is 6.72. The van der Waals surface area contributed by atoms with Crippen molar-refractivity contribution < 1.29 is 5.11 Å². The van der Waals surface area contributed by atoms with Gasteiger partial charge in [0, 0.05) is 0 Å². The lowest BCUT2D eigenvalue weighted by Crippen LogP contribution is -2.20. The van der Waals surface area contributed by atoms with Crippen LogP contribution in [-0.4, -0.2) is 10.7 Å². The van der Waals surface area contributed by atoms with E-state index in [-0.39, 0.29) is 0 Å². The monoisotopic (exact) mass is 141 g/mol. The van der Waals surface area contributed by atoms with E-state index in [1.54, 1.807) is 6.92 Å². The summed E-state index contributed by atoms with van der Waals surface area (Å²) in [5.41, 5.74) is -1.10. The van der Waals surface area contributed by atoms with Crippen LogP contribution < -0.4 is 0 Å². The fraction of sp³-hybridized carbons (Fsp3) is 0.875. The van der Waals surface area contributed by atoms with Gasteiger partial charge in [-0.25, -0.2) is 0 Å². The molecule has 0 fully saturated rings. The molecular weight excluding hydrogens is 126 g/mol. The number of nitriles is 1. The highest BCUT2D eigenvalue weighted by atomic mass is 16.3. The summed E-state index contributed by atoms with van der Waals surface area (Å²) in [6.07, 6.45) is 3.76. The molecule has 0 aromatic carbocycles. The van der Waals surface area contributed by atoms with Crippen molar-refractivity contribution in [3.8, 4) is 6.07 Å². The lowest BCUT2D eigenvalue weighted by molar-refractivity contribution is 0.107. The van der Waals surface area contributed by atoms with E-state index in [0.29, 0.717) is 6.42 Å². The number of unbranched alkanes of at least 4 members (excludes halogenated alkanes) is 2. The van der Waals surface area contributed by atoms with Gasteiger partial charge in [0.1, 0.15) is 5.60 Å². The second-order valence-electron chi connectivity index (χ2n) is 2.84. The summed E-state index contributed by atoms with van der Waals surface area (Å²) in [7, 11) is 0. The van der Waals surface area contributed by atoms with Crippen molar-refractivity contribution in [3.63, 3.8) is 0 Å². The number of aliphatic hydroxyl groups is 1. The number of hydrogen-bond donors (Lipinski definition) is 1. The van der Waals surface area contributed by atoms with Crippen LogP contribution in [0.3, 0.4) is 0 Å². The van der Waals surface area contributed by atoms with E-state index in [4.69, 9.17) is 5.26 Å². The van der Waals surface area contributed by atoms with Crippen LogP contribution in [0.2, 0.25) is 0 Å². The fourth-order valence-corrected chi connectivity index (χ4v) is 0.775. The molecule has 58 valence electrons. The van der Waals surface area contributed by atoms with Gasteiger partial charge >= 0.3 is 0 Å². The molecule has 0 bridgehead atoms. The molecule has 2 nitrogen and oxygen atoms in total. The lowest BCUT2D eigenvalue weighted by Gasteiger charge is -2.12. The average Bonchev–Trinajstić information content (AvgIpc) is 1.89. The third-order valence-corrected chi connectivity index (χ3v) is 1.51. The van der Waals surface area contributed by atoms with Crippen LogP contribution in [0.25, 0.3) is 0 Å². The molecule has 0 spiro atoms. The summed E-state index contributed by atoms with van der Waals surface area (Å²) in [5.74, 6) is 0. The summed E-state index contributed by atoms with van der Waals surface area (Å²) < 4.78 is 0. The molecule has 10 heavy (non-hydrogen) atoms. The minimum Gasteiger partial charge on any atom is -0.376 e. The molecule has 0 aromatic rings. The van der Waals surface area contributed by atoms with Gasteiger partial charge in [-0.2, -0.15) is 5.26 Å². The molecule has 2 heteroatoms. The van der Waals surface area contributed by atoms with Gasteiger partial charge in [0.15, 0.2) is 0 Å². The van der Waals surface area contributed by atoms with Crippen LogP contribution in [0.15, 0.2) is 0 Å². The Morgan fingerprint density at radius 1 is 1.50 bits per heavy atom. The molecule has 0 saturated carbocycles. The van der Waals surface area contributed by atoms with E-state index < -0.39 is 5.60 Å². The molecular formula is C8H15NO. The van der Waals surface area contributed by atoms with Gasteiger partial charge in [0.2, 0.25) is 0 Å². The Kier molecular flexibility index (Phi) is 4.06. The second-order valence-corrected chi connectivity index (χ2v) is 2.84. The maximum atomic E-state index is 9.19. The van der Waals surface area contributed by atoms with Gasteiger partial charge < -0.3 is 5.11 Å². The maximum Gasteiger partial charge on any atom is 0.148 e. The minimum atomic E-state index is -1.10. The van der Waals surface area contributed by atoms with Crippen LogP contribution in [0.5, 0.6) is 0 Å². The first-order valence-corrected chi connectivity index (χ1v) is 3.76. The average molecular weight is 141 g/mol. The van der Waals surface area contributed by atoms with E-state index in [1.165, 1.54) is 0 Å². The summed E-state index contributed by atoms with van der Waals surface area (Å²) in [4.78, 5) is 0. The first-order chi connectivity index (χ1) is 4.62. The van der Waals surface area contributed by atoms with E-state index in [2.05, 4.69) is 6.92 Å². The molecule has 0 aliphatic carbocycles. The van der Waals surface area contributed by atoms with Gasteiger partial charge in [0.25, 0.3) is 0 Å². The number of rotatable bonds is 4. The van der Waals surface area contributed by atoms with Crippen LogP contribution in [0.4, 0.5) is 0 Å². The van der Waals surface area contributed by atoms with Crippen LogP contribution >= 0.6 is 0 Å². The molecule has 0 radical (unpaired) electrons. The Labute approximate surface area is 62.5 Å². The van der Waals surface area contributed by atoms with Crippen molar-refractivity contribution in [1.29, 1.82) is 5.26 Å². The van der Waals surface area contributed by atoms with Gasteiger partial charge in [-0.1, -0.05) is 19.8 Å². The normalized spacial score (nSPS) is 15.8. The Bertz CT molecular complexity index is 124. The lowest BCUT2D eigenvalue weighted by atomic mass is 10.0. The van der Waals surface area contributed by atoms with Crippen molar-refractivity contribution >= 4 is 0 Å². The van der Waals surface area contributed by atoms with Crippen LogP contribution in [-0.2, 0) is 0 Å². The first kappa shape index (κ1) is 9.45. The Balaban J connectivity index is 3.40. The topological polar surface area (TPSA) is 44.0 Å². The van der Waals surface area contributed by atoms with Crippen molar-refractivity contribution in [1.82, 2.24) is 0 Å². The molecule has 1 atom stereocenters. The molecule has 1 unspecified atom stereocenters. The second kappa shape index (κ2) is 4.29. The molecule has 0 rings (SSSR count). The van der Waals surface area contributed by atoms with Crippen LogP contribution in [0, 0.1) is 11.3 Å². The summed E-state index contributed by atoms with van der Waals surface area (Å²) in [6.45, 7) is 3.66. The fourth-order valence-electron chi connectivity index (χ4n) is 0.775. The van der Waals surface area contributed by atoms with E-state index in [9.17, 15) is 5.11 Å². The van der Waals surface area contributed by atoms with E-state index >= 15 is 0 Å². The third kappa shape index (κ3) is 4.34. The summed E-state index contributed by atoms with van der Waals surface area (Å²) in [5, 5.41) is 17.6. The van der Waals surface area contributed by atoms with Crippen molar-refractivity contribution in [2.45, 2.75) is 45.1 Å². The van der Waals surface area contributed by atoms with Gasteiger partial charge in [-0.3, -0.25) is 0 Å².